The standard InChI is InChI=1S/C15H20F3NO/c1-3-9-19-13(14(2)7-8-14)11-5-4-6-12(10-11)20-15(16,17)18/h4-6,10,13,19H,3,7-9H2,1-2H3. The average Bonchev–Trinajstić information content (AvgIpc) is 3.07. The minimum atomic E-state index is -4.64. The van der Waals surface area contributed by atoms with Crippen LogP contribution < -0.4 is 10.1 Å². The number of hydrogen-bond acceptors (Lipinski definition) is 2. The van der Waals surface area contributed by atoms with Crippen LogP contribution in [0.5, 0.6) is 5.75 Å². The van der Waals surface area contributed by atoms with Gasteiger partial charge in [-0.2, -0.15) is 0 Å². The Labute approximate surface area is 117 Å². The minimum Gasteiger partial charge on any atom is -0.406 e. The van der Waals surface area contributed by atoms with Gasteiger partial charge in [0.25, 0.3) is 0 Å². The molecule has 1 aliphatic rings. The van der Waals surface area contributed by atoms with E-state index in [1.54, 1.807) is 6.07 Å². The van der Waals surface area contributed by atoms with E-state index in [0.717, 1.165) is 31.4 Å². The lowest BCUT2D eigenvalue weighted by molar-refractivity contribution is -0.274. The van der Waals surface area contributed by atoms with E-state index in [1.165, 1.54) is 12.1 Å². The molecular weight excluding hydrogens is 267 g/mol. The zero-order valence-corrected chi connectivity index (χ0v) is 11.8. The van der Waals surface area contributed by atoms with Gasteiger partial charge in [0.15, 0.2) is 0 Å². The zero-order chi connectivity index (χ0) is 14.8. The second-order valence-corrected chi connectivity index (χ2v) is 5.66. The first-order chi connectivity index (χ1) is 9.34. The van der Waals surface area contributed by atoms with Crippen LogP contribution in [0, 0.1) is 5.41 Å². The Morgan fingerprint density at radius 2 is 2.05 bits per heavy atom. The quantitative estimate of drug-likeness (QED) is 0.836. The van der Waals surface area contributed by atoms with Gasteiger partial charge in [0.1, 0.15) is 5.75 Å². The summed E-state index contributed by atoms with van der Waals surface area (Å²) < 4.78 is 40.9. The first kappa shape index (κ1) is 15.2. The molecule has 2 rings (SSSR count). The van der Waals surface area contributed by atoms with Gasteiger partial charge in [-0.05, 0) is 48.9 Å². The molecule has 0 radical (unpaired) electrons. The van der Waals surface area contributed by atoms with Crippen LogP contribution in [-0.2, 0) is 0 Å². The molecule has 0 bridgehead atoms. The minimum absolute atomic E-state index is 0.0826. The van der Waals surface area contributed by atoms with Gasteiger partial charge in [-0.15, -0.1) is 13.2 Å². The number of rotatable bonds is 6. The van der Waals surface area contributed by atoms with Crippen LogP contribution in [0.1, 0.15) is 44.7 Å². The molecule has 1 aromatic rings. The number of ether oxygens (including phenoxy) is 1. The molecule has 5 heteroatoms. The van der Waals surface area contributed by atoms with Gasteiger partial charge in [-0.25, -0.2) is 0 Å². The topological polar surface area (TPSA) is 21.3 Å². The van der Waals surface area contributed by atoms with Gasteiger partial charge in [0.2, 0.25) is 0 Å². The number of benzene rings is 1. The van der Waals surface area contributed by atoms with Crippen molar-refractivity contribution in [3.8, 4) is 5.75 Å². The Bertz CT molecular complexity index is 455. The lowest BCUT2D eigenvalue weighted by Crippen LogP contribution is -2.28. The van der Waals surface area contributed by atoms with Crippen molar-refractivity contribution >= 4 is 0 Å². The van der Waals surface area contributed by atoms with E-state index in [1.807, 2.05) is 6.07 Å². The number of alkyl halides is 3. The van der Waals surface area contributed by atoms with Crippen molar-refractivity contribution < 1.29 is 17.9 Å². The van der Waals surface area contributed by atoms with E-state index in [-0.39, 0.29) is 17.2 Å². The van der Waals surface area contributed by atoms with E-state index in [9.17, 15) is 13.2 Å². The summed E-state index contributed by atoms with van der Waals surface area (Å²) in [4.78, 5) is 0. The summed E-state index contributed by atoms with van der Waals surface area (Å²) in [5.41, 5.74) is 1.01. The second kappa shape index (κ2) is 5.64. The van der Waals surface area contributed by atoms with Crippen LogP contribution in [0.15, 0.2) is 24.3 Å². The highest BCUT2D eigenvalue weighted by molar-refractivity contribution is 5.32. The van der Waals surface area contributed by atoms with Gasteiger partial charge in [0.05, 0.1) is 0 Å². The Kier molecular flexibility index (Phi) is 4.28. The Hall–Kier alpha value is -1.23. The molecule has 0 spiro atoms. The molecule has 1 aromatic carbocycles. The number of hydrogen-bond donors (Lipinski definition) is 1. The Morgan fingerprint density at radius 1 is 1.35 bits per heavy atom. The van der Waals surface area contributed by atoms with Gasteiger partial charge < -0.3 is 10.1 Å². The van der Waals surface area contributed by atoms with Crippen LogP contribution in [-0.4, -0.2) is 12.9 Å². The highest BCUT2D eigenvalue weighted by Crippen LogP contribution is 2.54. The number of nitrogens with one attached hydrogen (secondary N) is 1. The second-order valence-electron chi connectivity index (χ2n) is 5.66. The Balaban J connectivity index is 2.18. The van der Waals surface area contributed by atoms with Gasteiger partial charge in [0, 0.05) is 6.04 Å². The molecule has 112 valence electrons. The van der Waals surface area contributed by atoms with Gasteiger partial charge in [-0.1, -0.05) is 26.0 Å². The van der Waals surface area contributed by atoms with Crippen molar-refractivity contribution in [2.45, 2.75) is 45.5 Å². The summed E-state index contributed by atoms with van der Waals surface area (Å²) in [5.74, 6) is -0.150. The van der Waals surface area contributed by atoms with E-state index in [2.05, 4.69) is 23.9 Å². The predicted octanol–water partition coefficient (Wildman–Crippen LogP) is 4.43. The van der Waals surface area contributed by atoms with Crippen LogP contribution >= 0.6 is 0 Å². The zero-order valence-electron chi connectivity index (χ0n) is 11.8. The molecule has 1 saturated carbocycles. The van der Waals surface area contributed by atoms with E-state index in [0.29, 0.717) is 0 Å². The predicted molar refractivity (Wildman–Crippen MR) is 71.5 cm³/mol. The normalized spacial score (nSPS) is 18.6. The SMILES string of the molecule is CCCNC(c1cccc(OC(F)(F)F)c1)C1(C)CC1. The summed E-state index contributed by atoms with van der Waals surface area (Å²) in [5, 5.41) is 3.44. The lowest BCUT2D eigenvalue weighted by Gasteiger charge is -2.26. The first-order valence-corrected chi connectivity index (χ1v) is 6.93. The fourth-order valence-electron chi connectivity index (χ4n) is 2.43. The highest BCUT2D eigenvalue weighted by Gasteiger charge is 2.45. The molecule has 0 aromatic heterocycles. The molecule has 2 nitrogen and oxygen atoms in total. The van der Waals surface area contributed by atoms with Crippen LogP contribution in [0.2, 0.25) is 0 Å². The van der Waals surface area contributed by atoms with Crippen LogP contribution in [0.3, 0.4) is 0 Å². The first-order valence-electron chi connectivity index (χ1n) is 6.93. The maximum atomic E-state index is 12.3. The molecule has 0 saturated heterocycles. The van der Waals surface area contributed by atoms with Crippen molar-refractivity contribution in [3.63, 3.8) is 0 Å². The molecule has 1 unspecified atom stereocenters. The van der Waals surface area contributed by atoms with Gasteiger partial charge in [-0.3, -0.25) is 0 Å². The molecule has 1 fully saturated rings. The lowest BCUT2D eigenvalue weighted by atomic mass is 9.91. The Morgan fingerprint density at radius 3 is 2.60 bits per heavy atom. The van der Waals surface area contributed by atoms with Crippen LogP contribution in [0.4, 0.5) is 13.2 Å². The maximum absolute atomic E-state index is 12.3. The highest BCUT2D eigenvalue weighted by atomic mass is 19.4. The molecular formula is C15H20F3NO. The van der Waals surface area contributed by atoms with Crippen LogP contribution in [0.25, 0.3) is 0 Å². The van der Waals surface area contributed by atoms with E-state index < -0.39 is 6.36 Å². The average molecular weight is 287 g/mol. The fraction of sp³-hybridized carbons (Fsp3) is 0.600. The molecule has 1 aliphatic carbocycles. The molecule has 1 N–H and O–H groups in total. The summed E-state index contributed by atoms with van der Waals surface area (Å²) in [6, 6.07) is 6.38. The third-order valence-electron chi connectivity index (χ3n) is 3.76. The maximum Gasteiger partial charge on any atom is 0.573 e. The third kappa shape index (κ3) is 3.88. The van der Waals surface area contributed by atoms with Gasteiger partial charge >= 0.3 is 6.36 Å². The fourth-order valence-corrected chi connectivity index (χ4v) is 2.43. The molecule has 0 aliphatic heterocycles. The van der Waals surface area contributed by atoms with E-state index in [4.69, 9.17) is 0 Å². The number of halogens is 3. The third-order valence-corrected chi connectivity index (χ3v) is 3.76. The smallest absolute Gasteiger partial charge is 0.406 e. The van der Waals surface area contributed by atoms with E-state index >= 15 is 0 Å². The summed E-state index contributed by atoms with van der Waals surface area (Å²) >= 11 is 0. The summed E-state index contributed by atoms with van der Waals surface area (Å²) in [6.07, 6.45) is -1.46. The molecule has 0 amide bonds. The van der Waals surface area contributed by atoms with Crippen molar-refractivity contribution in [1.29, 1.82) is 0 Å². The summed E-state index contributed by atoms with van der Waals surface area (Å²) in [7, 11) is 0. The van der Waals surface area contributed by atoms with Crippen molar-refractivity contribution in [2.24, 2.45) is 5.41 Å². The molecule has 0 heterocycles. The largest absolute Gasteiger partial charge is 0.573 e. The van der Waals surface area contributed by atoms with Crippen molar-refractivity contribution in [2.75, 3.05) is 6.54 Å². The summed E-state index contributed by atoms with van der Waals surface area (Å²) in [6.45, 7) is 5.09. The monoisotopic (exact) mass is 287 g/mol. The van der Waals surface area contributed by atoms with Crippen molar-refractivity contribution in [1.82, 2.24) is 5.32 Å². The van der Waals surface area contributed by atoms with Crippen molar-refractivity contribution in [3.05, 3.63) is 29.8 Å². The molecule has 20 heavy (non-hydrogen) atoms. The molecule has 1 atom stereocenters.